The molecule has 2 heterocycles. The smallest absolute Gasteiger partial charge is 0.255 e. The normalized spacial score (nSPS) is 10.7. The van der Waals surface area contributed by atoms with E-state index in [1.807, 2.05) is 59.3 Å². The molecule has 0 saturated heterocycles. The van der Waals surface area contributed by atoms with E-state index in [9.17, 15) is 4.79 Å². The van der Waals surface area contributed by atoms with Gasteiger partial charge in [-0.15, -0.1) is 0 Å². The lowest BCUT2D eigenvalue weighted by molar-refractivity contribution is 0.102. The fourth-order valence-corrected chi connectivity index (χ4v) is 2.77. The van der Waals surface area contributed by atoms with E-state index in [-0.39, 0.29) is 5.91 Å². The highest BCUT2D eigenvalue weighted by atomic mass is 16.5. The predicted octanol–water partition coefficient (Wildman–Crippen LogP) is 4.26. The number of nitrogens with one attached hydrogen (secondary N) is 1. The maximum atomic E-state index is 12.4. The van der Waals surface area contributed by atoms with Gasteiger partial charge in [0, 0.05) is 29.2 Å². The summed E-state index contributed by atoms with van der Waals surface area (Å²) in [5.41, 5.74) is 4.06. The molecule has 4 aromatic rings. The fraction of sp³-hybridized carbons (Fsp3) is 0.0476. The summed E-state index contributed by atoms with van der Waals surface area (Å²) in [6.45, 7) is 0. The monoisotopic (exact) mass is 343 g/mol. The number of imidazole rings is 1. The summed E-state index contributed by atoms with van der Waals surface area (Å²) in [6.07, 6.45) is 3.95. The van der Waals surface area contributed by atoms with E-state index in [0.717, 1.165) is 22.6 Å². The van der Waals surface area contributed by atoms with Crippen LogP contribution in [0.15, 0.2) is 79.1 Å². The molecule has 0 aliphatic rings. The highest BCUT2D eigenvalue weighted by Crippen LogP contribution is 2.22. The van der Waals surface area contributed by atoms with Crippen molar-refractivity contribution in [1.29, 1.82) is 0 Å². The van der Waals surface area contributed by atoms with E-state index in [4.69, 9.17) is 4.74 Å². The van der Waals surface area contributed by atoms with Gasteiger partial charge in [-0.2, -0.15) is 0 Å². The van der Waals surface area contributed by atoms with E-state index < -0.39 is 0 Å². The number of aromatic nitrogens is 2. The molecule has 0 radical (unpaired) electrons. The molecule has 1 amide bonds. The maximum absolute atomic E-state index is 12.4. The zero-order valence-electron chi connectivity index (χ0n) is 14.2. The third kappa shape index (κ3) is 3.15. The van der Waals surface area contributed by atoms with E-state index in [0.29, 0.717) is 11.3 Å². The topological polar surface area (TPSA) is 55.6 Å². The van der Waals surface area contributed by atoms with Crippen molar-refractivity contribution in [1.82, 2.24) is 9.38 Å². The van der Waals surface area contributed by atoms with Crippen molar-refractivity contribution in [2.45, 2.75) is 0 Å². The summed E-state index contributed by atoms with van der Waals surface area (Å²) in [4.78, 5) is 17.0. The average Bonchev–Trinajstić information content (AvgIpc) is 3.13. The molecule has 2 aromatic carbocycles. The zero-order valence-corrected chi connectivity index (χ0v) is 14.2. The Kier molecular flexibility index (Phi) is 4.11. The number of fused-ring (bicyclic) bond motifs is 1. The van der Waals surface area contributed by atoms with Crippen LogP contribution in [0.1, 0.15) is 10.4 Å². The minimum absolute atomic E-state index is 0.176. The van der Waals surface area contributed by atoms with Crippen molar-refractivity contribution in [3.63, 3.8) is 0 Å². The summed E-state index contributed by atoms with van der Waals surface area (Å²) < 4.78 is 7.14. The number of pyridine rings is 1. The Labute approximate surface area is 150 Å². The van der Waals surface area contributed by atoms with Crippen LogP contribution in [0.3, 0.4) is 0 Å². The van der Waals surface area contributed by atoms with Crippen molar-refractivity contribution in [2.75, 3.05) is 12.4 Å². The molecule has 5 nitrogen and oxygen atoms in total. The molecule has 128 valence electrons. The molecule has 0 atom stereocenters. The fourth-order valence-electron chi connectivity index (χ4n) is 2.77. The van der Waals surface area contributed by atoms with Gasteiger partial charge in [0.05, 0.1) is 12.8 Å². The Balaban J connectivity index is 1.53. The maximum Gasteiger partial charge on any atom is 0.255 e. The first-order valence-electron chi connectivity index (χ1n) is 8.22. The first-order chi connectivity index (χ1) is 12.7. The first kappa shape index (κ1) is 15.9. The number of hydrogen-bond donors (Lipinski definition) is 1. The van der Waals surface area contributed by atoms with Crippen LogP contribution in [0.5, 0.6) is 5.75 Å². The number of methoxy groups -OCH3 is 1. The lowest BCUT2D eigenvalue weighted by Crippen LogP contribution is -2.11. The number of carbonyl (C=O) groups excluding carboxylic acids is 1. The lowest BCUT2D eigenvalue weighted by atomic mass is 10.1. The minimum atomic E-state index is -0.176. The van der Waals surface area contributed by atoms with Gasteiger partial charge in [-0.1, -0.05) is 24.3 Å². The van der Waals surface area contributed by atoms with Crippen LogP contribution >= 0.6 is 0 Å². The molecule has 1 N–H and O–H groups in total. The number of hydrogen-bond acceptors (Lipinski definition) is 3. The van der Waals surface area contributed by atoms with Gasteiger partial charge in [-0.25, -0.2) is 4.98 Å². The third-order valence-corrected chi connectivity index (χ3v) is 4.13. The highest BCUT2D eigenvalue weighted by Gasteiger charge is 2.08. The van der Waals surface area contributed by atoms with Crippen molar-refractivity contribution in [2.24, 2.45) is 0 Å². The molecule has 0 saturated carbocycles. The summed E-state index contributed by atoms with van der Waals surface area (Å²) >= 11 is 0. The van der Waals surface area contributed by atoms with Gasteiger partial charge in [0.1, 0.15) is 11.4 Å². The molecule has 0 aliphatic carbocycles. The number of nitrogens with zero attached hydrogens (tertiary/aromatic N) is 2. The van der Waals surface area contributed by atoms with E-state index in [1.165, 1.54) is 0 Å². The van der Waals surface area contributed by atoms with Crippen molar-refractivity contribution < 1.29 is 9.53 Å². The summed E-state index contributed by atoms with van der Waals surface area (Å²) in [6, 6.07) is 20.6. The van der Waals surface area contributed by atoms with Crippen LogP contribution in [0.4, 0.5) is 5.69 Å². The molecular formula is C21H17N3O2. The Morgan fingerprint density at radius 3 is 2.65 bits per heavy atom. The Morgan fingerprint density at radius 2 is 1.88 bits per heavy atom. The van der Waals surface area contributed by atoms with Crippen molar-refractivity contribution in [3.8, 4) is 17.0 Å². The Hall–Kier alpha value is -3.60. The molecular weight excluding hydrogens is 326 g/mol. The molecule has 0 spiro atoms. The SMILES string of the molecule is COc1cccc(C(=O)Nc2ccc(-c3cn4ccccc4n3)cc2)c1. The minimum Gasteiger partial charge on any atom is -0.497 e. The number of ether oxygens (including phenoxy) is 1. The largest absolute Gasteiger partial charge is 0.497 e. The molecule has 4 rings (SSSR count). The summed E-state index contributed by atoms with van der Waals surface area (Å²) in [5.74, 6) is 0.476. The van der Waals surface area contributed by atoms with Gasteiger partial charge in [0.15, 0.2) is 0 Å². The first-order valence-corrected chi connectivity index (χ1v) is 8.22. The van der Waals surface area contributed by atoms with E-state index in [2.05, 4.69) is 10.3 Å². The van der Waals surface area contributed by atoms with Gasteiger partial charge in [0.2, 0.25) is 0 Å². The van der Waals surface area contributed by atoms with Gasteiger partial charge >= 0.3 is 0 Å². The summed E-state index contributed by atoms with van der Waals surface area (Å²) in [7, 11) is 1.58. The quantitative estimate of drug-likeness (QED) is 0.602. The summed E-state index contributed by atoms with van der Waals surface area (Å²) in [5, 5.41) is 2.89. The van der Waals surface area contributed by atoms with Gasteiger partial charge in [-0.3, -0.25) is 4.79 Å². The van der Waals surface area contributed by atoms with Crippen LogP contribution in [0.25, 0.3) is 16.9 Å². The Bertz CT molecular complexity index is 1040. The van der Waals surface area contributed by atoms with Crippen molar-refractivity contribution in [3.05, 3.63) is 84.7 Å². The van der Waals surface area contributed by atoms with Crippen LogP contribution in [0, 0.1) is 0 Å². The second-order valence-corrected chi connectivity index (χ2v) is 5.86. The number of carbonyl (C=O) groups is 1. The van der Waals surface area contributed by atoms with Crippen LogP contribution in [0.2, 0.25) is 0 Å². The second-order valence-electron chi connectivity index (χ2n) is 5.86. The highest BCUT2D eigenvalue weighted by molar-refractivity contribution is 6.04. The van der Waals surface area contributed by atoms with Crippen LogP contribution in [-0.4, -0.2) is 22.4 Å². The Morgan fingerprint density at radius 1 is 1.04 bits per heavy atom. The molecule has 0 bridgehead atoms. The van der Waals surface area contributed by atoms with Crippen LogP contribution < -0.4 is 10.1 Å². The lowest BCUT2D eigenvalue weighted by Gasteiger charge is -2.07. The second kappa shape index (κ2) is 6.72. The average molecular weight is 343 g/mol. The van der Waals surface area contributed by atoms with Gasteiger partial charge < -0.3 is 14.5 Å². The molecule has 2 aromatic heterocycles. The number of anilines is 1. The van der Waals surface area contributed by atoms with Gasteiger partial charge in [-0.05, 0) is 42.5 Å². The molecule has 5 heteroatoms. The van der Waals surface area contributed by atoms with Gasteiger partial charge in [0.25, 0.3) is 5.91 Å². The van der Waals surface area contributed by atoms with Crippen molar-refractivity contribution >= 4 is 17.2 Å². The number of amides is 1. The van der Waals surface area contributed by atoms with E-state index >= 15 is 0 Å². The third-order valence-electron chi connectivity index (χ3n) is 4.13. The molecule has 26 heavy (non-hydrogen) atoms. The van der Waals surface area contributed by atoms with Crippen LogP contribution in [-0.2, 0) is 0 Å². The standard InChI is InChI=1S/C21H17N3O2/c1-26-18-6-4-5-16(13-18)21(25)22-17-10-8-15(9-11-17)19-14-24-12-3-2-7-20(24)23-19/h2-14H,1H3,(H,22,25). The molecule has 0 fully saturated rings. The predicted molar refractivity (Wildman–Crippen MR) is 102 cm³/mol. The zero-order chi connectivity index (χ0) is 17.9. The van der Waals surface area contributed by atoms with E-state index in [1.54, 1.807) is 31.4 Å². The number of rotatable bonds is 4. The molecule has 0 aliphatic heterocycles. The molecule has 0 unspecified atom stereocenters. The number of benzene rings is 2.